The molecule has 5 heteroatoms. The minimum atomic E-state index is -0.0224. The number of nitrogens with zero attached hydrogens (tertiary/aromatic N) is 1. The van der Waals surface area contributed by atoms with Crippen LogP contribution in [0, 0.1) is 5.92 Å². The smallest absolute Gasteiger partial charge is 0.106 e. The highest BCUT2D eigenvalue weighted by Gasteiger charge is 2.30. The molecule has 2 heterocycles. The number of rotatable bonds is 7. The fraction of sp³-hybridized carbons (Fsp3) is 0.667. The summed E-state index contributed by atoms with van der Waals surface area (Å²) >= 11 is 0. The van der Waals surface area contributed by atoms with Crippen LogP contribution in [0.3, 0.4) is 0 Å². The topological polar surface area (TPSA) is 43.0 Å². The van der Waals surface area contributed by atoms with Crippen LogP contribution in [-0.4, -0.2) is 75.8 Å². The number of ether oxygens (including phenoxy) is 3. The Morgan fingerprint density at radius 1 is 1.24 bits per heavy atom. The lowest BCUT2D eigenvalue weighted by Gasteiger charge is -2.37. The van der Waals surface area contributed by atoms with Crippen LogP contribution >= 0.6 is 0 Å². The Labute approximate surface area is 175 Å². The molecule has 3 atom stereocenters. The second-order valence-electron chi connectivity index (χ2n) is 8.88. The molecule has 2 unspecified atom stereocenters. The molecule has 2 aliphatic heterocycles. The quantitative estimate of drug-likeness (QED) is 0.712. The highest BCUT2D eigenvalue weighted by molar-refractivity contribution is 5.36. The summed E-state index contributed by atoms with van der Waals surface area (Å²) in [5.41, 5.74) is 4.47. The van der Waals surface area contributed by atoms with Gasteiger partial charge >= 0.3 is 0 Å². The fourth-order valence-electron chi connectivity index (χ4n) is 4.72. The molecular weight excluding hydrogens is 364 g/mol. The Hall–Kier alpha value is -1.24. The van der Waals surface area contributed by atoms with Crippen molar-refractivity contribution < 1.29 is 14.2 Å². The molecule has 0 aromatic carbocycles. The monoisotopic (exact) mass is 400 g/mol. The molecule has 29 heavy (non-hydrogen) atoms. The fourth-order valence-corrected chi connectivity index (χ4v) is 4.72. The van der Waals surface area contributed by atoms with Gasteiger partial charge in [-0.05, 0) is 36.0 Å². The van der Waals surface area contributed by atoms with Crippen molar-refractivity contribution in [3.63, 3.8) is 0 Å². The van der Waals surface area contributed by atoms with E-state index >= 15 is 0 Å². The summed E-state index contributed by atoms with van der Waals surface area (Å²) in [7, 11) is 1.77. The first-order valence-electron chi connectivity index (χ1n) is 11.1. The van der Waals surface area contributed by atoms with Gasteiger partial charge in [0, 0.05) is 39.3 Å². The number of hydrogen-bond acceptors (Lipinski definition) is 5. The number of hydrogen-bond donors (Lipinski definition) is 1. The zero-order valence-electron chi connectivity index (χ0n) is 18.1. The largest absolute Gasteiger partial charge is 0.376 e. The molecule has 160 valence electrons. The Bertz CT molecular complexity index is 690. The Balaban J connectivity index is 1.38. The van der Waals surface area contributed by atoms with Crippen LogP contribution in [0.4, 0.5) is 0 Å². The van der Waals surface area contributed by atoms with E-state index in [0.29, 0.717) is 25.2 Å². The van der Waals surface area contributed by atoms with Crippen LogP contribution in [0.25, 0.3) is 0 Å². The van der Waals surface area contributed by atoms with Gasteiger partial charge < -0.3 is 19.5 Å². The average Bonchev–Trinajstić information content (AvgIpc) is 2.71. The van der Waals surface area contributed by atoms with Crippen molar-refractivity contribution in [2.75, 3.05) is 46.5 Å². The predicted molar refractivity (Wildman–Crippen MR) is 116 cm³/mol. The van der Waals surface area contributed by atoms with Gasteiger partial charge in [0.1, 0.15) is 18.3 Å². The molecule has 1 N–H and O–H groups in total. The number of allylic oxidation sites excluding steroid dienone is 2. The van der Waals surface area contributed by atoms with E-state index < -0.39 is 0 Å². The van der Waals surface area contributed by atoms with E-state index in [1.165, 1.54) is 24.0 Å². The first-order valence-corrected chi connectivity index (χ1v) is 11.1. The van der Waals surface area contributed by atoms with Crippen LogP contribution in [0.5, 0.6) is 0 Å². The summed E-state index contributed by atoms with van der Waals surface area (Å²) in [4.78, 5) is 2.57. The molecule has 0 amide bonds. The van der Waals surface area contributed by atoms with Gasteiger partial charge in [-0.15, -0.1) is 0 Å². The molecule has 0 saturated carbocycles. The van der Waals surface area contributed by atoms with Gasteiger partial charge in [-0.1, -0.05) is 43.7 Å². The molecular formula is C24H36N2O3. The molecule has 0 aromatic heterocycles. The molecule has 4 rings (SSSR count). The second-order valence-corrected chi connectivity index (χ2v) is 8.88. The van der Waals surface area contributed by atoms with Crippen molar-refractivity contribution in [3.05, 3.63) is 47.1 Å². The van der Waals surface area contributed by atoms with Gasteiger partial charge in [0.05, 0.1) is 13.2 Å². The molecule has 4 aliphatic rings. The van der Waals surface area contributed by atoms with Crippen molar-refractivity contribution in [1.29, 1.82) is 0 Å². The molecule has 0 radical (unpaired) electrons. The van der Waals surface area contributed by atoms with Crippen molar-refractivity contribution in [2.45, 2.75) is 51.0 Å². The molecule has 2 aliphatic carbocycles. The molecule has 2 saturated heterocycles. The van der Waals surface area contributed by atoms with E-state index in [9.17, 15) is 0 Å². The van der Waals surface area contributed by atoms with Gasteiger partial charge in [0.25, 0.3) is 0 Å². The Kier molecular flexibility index (Phi) is 7.04. The lowest BCUT2D eigenvalue weighted by molar-refractivity contribution is -0.161. The number of piperazine rings is 1. The normalized spacial score (nSPS) is 31.3. The molecule has 0 aromatic rings. The van der Waals surface area contributed by atoms with Gasteiger partial charge in [0.15, 0.2) is 0 Å². The van der Waals surface area contributed by atoms with Crippen LogP contribution in [0.15, 0.2) is 47.1 Å². The van der Waals surface area contributed by atoms with Crippen LogP contribution < -0.4 is 5.32 Å². The van der Waals surface area contributed by atoms with E-state index in [0.717, 1.165) is 26.2 Å². The van der Waals surface area contributed by atoms with Crippen molar-refractivity contribution in [2.24, 2.45) is 5.92 Å². The molecule has 0 spiro atoms. The van der Waals surface area contributed by atoms with E-state index in [2.05, 4.69) is 54.4 Å². The third kappa shape index (κ3) is 5.09. The minimum absolute atomic E-state index is 0.0143. The highest BCUT2D eigenvalue weighted by Crippen LogP contribution is 2.29. The van der Waals surface area contributed by atoms with Gasteiger partial charge in [-0.3, -0.25) is 4.90 Å². The lowest BCUT2D eigenvalue weighted by Crippen LogP contribution is -2.52. The number of nitrogens with one attached hydrogen (secondary N) is 1. The van der Waals surface area contributed by atoms with Gasteiger partial charge in [-0.2, -0.15) is 0 Å². The summed E-state index contributed by atoms with van der Waals surface area (Å²) in [5, 5.41) is 3.76. The molecule has 5 nitrogen and oxygen atoms in total. The molecule has 2 fully saturated rings. The SMILES string of the molecule is COC1C=C(CN2CCN[C@H](C3=C(C(C)C)CCC=C3)C2)C=CC1OC1COC1. The third-order valence-electron chi connectivity index (χ3n) is 6.42. The summed E-state index contributed by atoms with van der Waals surface area (Å²) in [6, 6.07) is 0.429. The zero-order valence-corrected chi connectivity index (χ0v) is 18.1. The summed E-state index contributed by atoms with van der Waals surface area (Å²) in [5.74, 6) is 0.622. The molecule has 0 bridgehead atoms. The maximum atomic E-state index is 6.08. The van der Waals surface area contributed by atoms with E-state index in [1.807, 2.05) is 0 Å². The Morgan fingerprint density at radius 2 is 2.10 bits per heavy atom. The first-order chi connectivity index (χ1) is 14.1. The van der Waals surface area contributed by atoms with Crippen molar-refractivity contribution in [1.82, 2.24) is 10.2 Å². The van der Waals surface area contributed by atoms with Crippen LogP contribution in [0.2, 0.25) is 0 Å². The van der Waals surface area contributed by atoms with E-state index in [4.69, 9.17) is 14.2 Å². The van der Waals surface area contributed by atoms with Crippen LogP contribution in [0.1, 0.15) is 26.7 Å². The highest BCUT2D eigenvalue weighted by atomic mass is 16.6. The summed E-state index contributed by atoms with van der Waals surface area (Å²) in [6.45, 7) is 10.2. The maximum absolute atomic E-state index is 6.08. The van der Waals surface area contributed by atoms with E-state index in [-0.39, 0.29) is 18.3 Å². The van der Waals surface area contributed by atoms with Gasteiger partial charge in [-0.25, -0.2) is 0 Å². The lowest BCUT2D eigenvalue weighted by atomic mass is 9.85. The first kappa shape index (κ1) is 21.0. The van der Waals surface area contributed by atoms with Crippen LogP contribution in [-0.2, 0) is 14.2 Å². The predicted octanol–water partition coefficient (Wildman–Crippen LogP) is 2.86. The van der Waals surface area contributed by atoms with Crippen molar-refractivity contribution >= 4 is 0 Å². The maximum Gasteiger partial charge on any atom is 0.106 e. The number of methoxy groups -OCH3 is 1. The summed E-state index contributed by atoms with van der Waals surface area (Å²) < 4.78 is 17.0. The minimum Gasteiger partial charge on any atom is -0.376 e. The van der Waals surface area contributed by atoms with E-state index in [1.54, 1.807) is 12.7 Å². The summed E-state index contributed by atoms with van der Waals surface area (Å²) in [6.07, 6.45) is 13.9. The Morgan fingerprint density at radius 3 is 2.83 bits per heavy atom. The average molecular weight is 401 g/mol. The third-order valence-corrected chi connectivity index (χ3v) is 6.42. The second kappa shape index (κ2) is 9.71. The standard InChI is InChI=1S/C24H36N2O3/c1-17(2)20-6-4-5-7-21(20)22-14-26(11-10-25-22)13-18-8-9-23(24(12-18)27-3)29-19-15-28-16-19/h5,7-9,12,17,19,22-25H,4,6,10-11,13-16H2,1-3H3/t22-,23?,24?/m0/s1. The van der Waals surface area contributed by atoms with Gasteiger partial charge in [0.2, 0.25) is 0 Å². The van der Waals surface area contributed by atoms with Crippen molar-refractivity contribution in [3.8, 4) is 0 Å². The zero-order chi connectivity index (χ0) is 20.2.